The average molecular weight is 910 g/mol. The number of ether oxygens (including phenoxy) is 7. The SMILES string of the molecule is C[C@@H]1CC[C@@]2(OC1)OC1CC3C4CC[C@H]5C[C@@H](O[C@@H]6O[C@@H](CO)[C@@H](O[C@@H]7O[C@@H](COC(=O)Nc8ccc(F)cc8F)[C@@H](O)[C@H](O)[C@@H]7O)[C@H](O)[C@@H]6O)CC[C@]5(C)C4C(=O)C[C@]3(C)C1[C@@H]2C. The van der Waals surface area contributed by atoms with Gasteiger partial charge in [-0.15, -0.1) is 0 Å². The molecule has 4 aliphatic heterocycles. The van der Waals surface area contributed by atoms with Crippen molar-refractivity contribution in [3.63, 3.8) is 0 Å². The van der Waals surface area contributed by atoms with Gasteiger partial charge in [-0.05, 0) is 97.5 Å². The third kappa shape index (κ3) is 7.92. The normalized spacial score (nSPS) is 50.0. The van der Waals surface area contributed by atoms with E-state index in [0.717, 1.165) is 50.7 Å². The standard InChI is InChI=1S/C46H65F2NO15/c1-20-9-12-46(59-18-20)21(2)33-30(64-46)15-26-25-7-5-22-13-24(10-11-44(22,3)34(25)29(51)16-45(26,33)4)60-41-39(56)37(54)40(31(17-50)61-41)63-42-38(55)36(53)35(52)32(62-42)19-58-43(57)49-28-8-6-23(47)14-27(28)48/h6,8,14,20-22,24-26,30-42,50,52-56H,5,7,9-13,15-19H2,1-4H3,(H,49,57)/t20-,21+,22+,24+,25?,26?,30?,31+,32+,33?,34?,35-,36+,37-,38+,39+,40-,41-,42+,44+,45+,46-/m1/s1. The summed E-state index contributed by atoms with van der Waals surface area (Å²) in [7, 11) is 0. The predicted molar refractivity (Wildman–Crippen MR) is 218 cm³/mol. The smallest absolute Gasteiger partial charge is 0.411 e. The zero-order valence-corrected chi connectivity index (χ0v) is 36.8. The molecule has 1 spiro atoms. The van der Waals surface area contributed by atoms with Crippen molar-refractivity contribution in [2.45, 2.75) is 165 Å². The highest BCUT2D eigenvalue weighted by Gasteiger charge is 2.71. The van der Waals surface area contributed by atoms with E-state index in [1.807, 2.05) is 0 Å². The number of rotatable bonds is 8. The summed E-state index contributed by atoms with van der Waals surface area (Å²) in [4.78, 5) is 26.9. The molecule has 4 aliphatic carbocycles. The van der Waals surface area contributed by atoms with Gasteiger partial charge >= 0.3 is 6.09 Å². The quantitative estimate of drug-likeness (QED) is 0.186. The van der Waals surface area contributed by atoms with Crippen LogP contribution in [-0.2, 0) is 38.0 Å². The molecule has 1 aromatic rings. The lowest BCUT2D eigenvalue weighted by Gasteiger charge is -2.60. The Morgan fingerprint density at radius 1 is 0.875 bits per heavy atom. The fourth-order valence-electron chi connectivity index (χ4n) is 13.9. The van der Waals surface area contributed by atoms with Crippen LogP contribution in [0.1, 0.15) is 85.5 Å². The maximum Gasteiger partial charge on any atom is 0.411 e. The lowest BCUT2D eigenvalue weighted by molar-refractivity contribution is -0.364. The minimum atomic E-state index is -1.90. The Morgan fingerprint density at radius 3 is 2.33 bits per heavy atom. The molecule has 64 heavy (non-hydrogen) atoms. The second-order valence-electron chi connectivity index (χ2n) is 20.9. The van der Waals surface area contributed by atoms with E-state index in [2.05, 4.69) is 33.0 Å². The molecule has 4 heterocycles. The number of ketones is 1. The van der Waals surface area contributed by atoms with E-state index in [1.165, 1.54) is 0 Å². The summed E-state index contributed by atoms with van der Waals surface area (Å²) in [5.41, 5.74) is -0.768. The van der Waals surface area contributed by atoms with Gasteiger partial charge in [0.1, 0.15) is 72.9 Å². The average Bonchev–Trinajstić information content (AvgIpc) is 3.70. The monoisotopic (exact) mass is 909 g/mol. The molecular formula is C46H65F2NO15. The van der Waals surface area contributed by atoms with Crippen molar-refractivity contribution in [3.8, 4) is 0 Å². The number of fused-ring (bicyclic) bond motifs is 7. The Bertz CT molecular complexity index is 1890. The fourth-order valence-corrected chi connectivity index (χ4v) is 13.9. The topological polar surface area (TPSA) is 232 Å². The van der Waals surface area contributed by atoms with Crippen LogP contribution >= 0.6 is 0 Å². The molecular weight excluding hydrogens is 844 g/mol. The van der Waals surface area contributed by atoms with Gasteiger partial charge in [0.05, 0.1) is 31.1 Å². The van der Waals surface area contributed by atoms with Crippen molar-refractivity contribution < 1.29 is 82.2 Å². The van der Waals surface area contributed by atoms with Gasteiger partial charge < -0.3 is 63.8 Å². The largest absolute Gasteiger partial charge is 0.446 e. The summed E-state index contributed by atoms with van der Waals surface area (Å²) in [6, 6.07) is 2.45. The van der Waals surface area contributed by atoms with Gasteiger partial charge in [-0.25, -0.2) is 13.6 Å². The number of anilines is 1. The van der Waals surface area contributed by atoms with Gasteiger partial charge in [-0.3, -0.25) is 10.1 Å². The Balaban J connectivity index is 0.803. The van der Waals surface area contributed by atoms with E-state index in [-0.39, 0.29) is 58.3 Å². The number of aliphatic hydroxyl groups excluding tert-OH is 6. The van der Waals surface area contributed by atoms with Crippen LogP contribution in [0.4, 0.5) is 19.3 Å². The molecule has 0 aromatic heterocycles. The molecule has 8 fully saturated rings. The third-order valence-electron chi connectivity index (χ3n) is 17.2. The molecule has 5 unspecified atom stereocenters. The molecule has 18 heteroatoms. The van der Waals surface area contributed by atoms with Crippen LogP contribution in [0, 0.1) is 63.9 Å². The summed E-state index contributed by atoms with van der Waals surface area (Å²) < 4.78 is 69.5. The minimum Gasteiger partial charge on any atom is -0.446 e. The number of benzene rings is 1. The third-order valence-corrected chi connectivity index (χ3v) is 17.2. The highest BCUT2D eigenvalue weighted by Crippen LogP contribution is 2.70. The number of aliphatic hydroxyl groups is 6. The Labute approximate surface area is 371 Å². The molecule has 16 nitrogen and oxygen atoms in total. The summed E-state index contributed by atoms with van der Waals surface area (Å²) in [6.07, 6.45) is -10.8. The molecule has 358 valence electrons. The molecule has 4 saturated heterocycles. The number of halogens is 2. The van der Waals surface area contributed by atoms with E-state index in [0.29, 0.717) is 49.6 Å². The van der Waals surface area contributed by atoms with E-state index in [9.17, 15) is 49.0 Å². The van der Waals surface area contributed by atoms with Crippen LogP contribution in [0.5, 0.6) is 0 Å². The first-order valence-corrected chi connectivity index (χ1v) is 23.2. The summed E-state index contributed by atoms with van der Waals surface area (Å²) in [6.45, 7) is 8.37. The highest BCUT2D eigenvalue weighted by atomic mass is 19.1. The van der Waals surface area contributed by atoms with Crippen molar-refractivity contribution in [1.82, 2.24) is 0 Å². The van der Waals surface area contributed by atoms with Gasteiger partial charge in [0.15, 0.2) is 18.4 Å². The molecule has 4 saturated carbocycles. The van der Waals surface area contributed by atoms with Crippen LogP contribution in [0.25, 0.3) is 0 Å². The number of nitrogens with one attached hydrogen (secondary N) is 1. The van der Waals surface area contributed by atoms with Gasteiger partial charge in [-0.2, -0.15) is 0 Å². The summed E-state index contributed by atoms with van der Waals surface area (Å²) in [5, 5.41) is 67.1. The fraction of sp³-hybridized carbons (Fsp3) is 0.826. The maximum atomic E-state index is 14.6. The molecule has 7 N–H and O–H groups in total. The van der Waals surface area contributed by atoms with Gasteiger partial charge in [-0.1, -0.05) is 27.7 Å². The first kappa shape index (κ1) is 46.6. The Hall–Kier alpha value is -2.46. The van der Waals surface area contributed by atoms with Crippen LogP contribution < -0.4 is 5.32 Å². The number of carbonyl (C=O) groups is 2. The highest BCUT2D eigenvalue weighted by molar-refractivity contribution is 5.85. The van der Waals surface area contributed by atoms with Crippen molar-refractivity contribution in [2.24, 2.45) is 52.3 Å². The first-order valence-electron chi connectivity index (χ1n) is 23.2. The maximum absolute atomic E-state index is 14.6. The van der Waals surface area contributed by atoms with Crippen LogP contribution in [0.3, 0.4) is 0 Å². The molecule has 1 amide bonds. The number of amides is 1. The predicted octanol–water partition coefficient (Wildman–Crippen LogP) is 3.16. The van der Waals surface area contributed by atoms with Gasteiger partial charge in [0.2, 0.25) is 0 Å². The van der Waals surface area contributed by atoms with Crippen molar-refractivity contribution in [3.05, 3.63) is 29.8 Å². The molecule has 1 aromatic carbocycles. The lowest BCUT2D eigenvalue weighted by atomic mass is 9.44. The number of carbonyl (C=O) groups excluding carboxylic acids is 2. The minimum absolute atomic E-state index is 0.0681. The van der Waals surface area contributed by atoms with Gasteiger partial charge in [0.25, 0.3) is 0 Å². The Kier molecular flexibility index (Phi) is 12.8. The van der Waals surface area contributed by atoms with Gasteiger partial charge in [0, 0.05) is 30.7 Å². The van der Waals surface area contributed by atoms with Crippen LogP contribution in [0.15, 0.2) is 18.2 Å². The van der Waals surface area contributed by atoms with Crippen molar-refractivity contribution >= 4 is 17.6 Å². The summed E-state index contributed by atoms with van der Waals surface area (Å²) >= 11 is 0. The van der Waals surface area contributed by atoms with Crippen molar-refractivity contribution in [1.29, 1.82) is 0 Å². The summed E-state index contributed by atoms with van der Waals surface area (Å²) in [5.74, 6) is -0.356. The number of hydrogen-bond acceptors (Lipinski definition) is 15. The molecule has 9 rings (SSSR count). The van der Waals surface area contributed by atoms with Crippen molar-refractivity contribution in [2.75, 3.05) is 25.1 Å². The molecule has 8 aliphatic rings. The second kappa shape index (κ2) is 17.6. The van der Waals surface area contributed by atoms with Crippen LogP contribution in [-0.4, -0.2) is 142 Å². The number of Topliss-reactive ketones (excluding diaryl/α,β-unsaturated/α-hetero) is 1. The van der Waals surface area contributed by atoms with E-state index in [1.54, 1.807) is 0 Å². The molecule has 22 atom stereocenters. The number of hydrogen-bond donors (Lipinski definition) is 7. The zero-order chi connectivity index (χ0) is 45.6. The second-order valence-corrected chi connectivity index (χ2v) is 20.9. The van der Waals surface area contributed by atoms with E-state index >= 15 is 0 Å². The first-order chi connectivity index (χ1) is 30.4. The van der Waals surface area contributed by atoms with E-state index < -0.39 is 98.1 Å². The molecule has 0 bridgehead atoms. The zero-order valence-electron chi connectivity index (χ0n) is 36.8. The Morgan fingerprint density at radius 2 is 1.61 bits per heavy atom. The van der Waals surface area contributed by atoms with Crippen LogP contribution in [0.2, 0.25) is 0 Å². The lowest BCUT2D eigenvalue weighted by Crippen LogP contribution is -2.65. The van der Waals surface area contributed by atoms with E-state index in [4.69, 9.17) is 33.2 Å². The molecule has 0 radical (unpaired) electrons.